The third-order valence-electron chi connectivity index (χ3n) is 5.64. The predicted octanol–water partition coefficient (Wildman–Crippen LogP) is 5.23. The van der Waals surface area contributed by atoms with Crippen LogP contribution in [0, 0.1) is 5.92 Å². The Morgan fingerprint density at radius 1 is 0.938 bits per heavy atom. The molecule has 2 aromatic carbocycles. The molecule has 1 aromatic heterocycles. The fraction of sp³-hybridized carbons (Fsp3) is 0.240. The molecule has 6 nitrogen and oxygen atoms in total. The number of anilines is 3. The Labute approximate surface area is 192 Å². The SMILES string of the molecule is O=C(CC1CCN(c2ccncc2)CC1)Nc1cccc(NC(=O)c2ccccc2Cl)c1. The van der Waals surface area contributed by atoms with E-state index in [0.29, 0.717) is 34.3 Å². The number of carbonyl (C=O) groups is 2. The van der Waals surface area contributed by atoms with E-state index in [0.717, 1.165) is 25.9 Å². The highest BCUT2D eigenvalue weighted by atomic mass is 35.5. The second kappa shape index (κ2) is 10.3. The molecule has 2 heterocycles. The largest absolute Gasteiger partial charge is 0.371 e. The minimum Gasteiger partial charge on any atom is -0.371 e. The molecule has 7 heteroatoms. The third-order valence-corrected chi connectivity index (χ3v) is 5.97. The Bertz CT molecular complexity index is 1080. The van der Waals surface area contributed by atoms with Gasteiger partial charge in [0, 0.05) is 49.0 Å². The highest BCUT2D eigenvalue weighted by Crippen LogP contribution is 2.25. The van der Waals surface area contributed by atoms with Crippen molar-refractivity contribution in [1.82, 2.24) is 4.98 Å². The van der Waals surface area contributed by atoms with E-state index in [-0.39, 0.29) is 11.8 Å². The number of hydrogen-bond acceptors (Lipinski definition) is 4. The Hall–Kier alpha value is -3.38. The third kappa shape index (κ3) is 5.65. The van der Waals surface area contributed by atoms with Gasteiger partial charge in [0.15, 0.2) is 0 Å². The maximum atomic E-state index is 12.6. The fourth-order valence-electron chi connectivity index (χ4n) is 3.94. The molecule has 164 valence electrons. The van der Waals surface area contributed by atoms with Gasteiger partial charge in [-0.15, -0.1) is 0 Å². The lowest BCUT2D eigenvalue weighted by atomic mass is 9.93. The Kier molecular flexibility index (Phi) is 7.02. The summed E-state index contributed by atoms with van der Waals surface area (Å²) in [5.41, 5.74) is 2.83. The molecule has 0 spiro atoms. The molecule has 3 aromatic rings. The molecule has 4 rings (SSSR count). The number of piperidine rings is 1. The van der Waals surface area contributed by atoms with Gasteiger partial charge in [-0.3, -0.25) is 14.6 Å². The molecular weight excluding hydrogens is 424 g/mol. The van der Waals surface area contributed by atoms with Crippen molar-refractivity contribution in [2.24, 2.45) is 5.92 Å². The maximum Gasteiger partial charge on any atom is 0.257 e. The lowest BCUT2D eigenvalue weighted by molar-refractivity contribution is -0.117. The quantitative estimate of drug-likeness (QED) is 0.541. The standard InChI is InChI=1S/C25H25ClN4O2/c26-23-7-2-1-6-22(23)25(32)29-20-5-3-4-19(17-20)28-24(31)16-18-10-14-30(15-11-18)21-8-12-27-13-9-21/h1-9,12-13,17-18H,10-11,14-16H2,(H,28,31)(H,29,32). The summed E-state index contributed by atoms with van der Waals surface area (Å²) in [5, 5.41) is 6.18. The van der Waals surface area contributed by atoms with Gasteiger partial charge in [0.2, 0.25) is 5.91 Å². The first-order valence-corrected chi connectivity index (χ1v) is 11.1. The number of aromatic nitrogens is 1. The number of carbonyl (C=O) groups excluding carboxylic acids is 2. The number of nitrogens with one attached hydrogen (secondary N) is 2. The van der Waals surface area contributed by atoms with Crippen LogP contribution in [0.15, 0.2) is 73.1 Å². The summed E-state index contributed by atoms with van der Waals surface area (Å²) in [6, 6.07) is 18.1. The number of halogens is 1. The second-order valence-electron chi connectivity index (χ2n) is 7.90. The molecule has 0 aliphatic carbocycles. The molecule has 1 aliphatic heterocycles. The van der Waals surface area contributed by atoms with E-state index in [4.69, 9.17) is 11.6 Å². The summed E-state index contributed by atoms with van der Waals surface area (Å²) in [4.78, 5) is 31.5. The van der Waals surface area contributed by atoms with E-state index < -0.39 is 0 Å². The summed E-state index contributed by atoms with van der Waals surface area (Å²) in [5.74, 6) is 0.0539. The minimum atomic E-state index is -0.292. The molecule has 1 fully saturated rings. The van der Waals surface area contributed by atoms with E-state index in [2.05, 4.69) is 20.5 Å². The number of rotatable bonds is 6. The van der Waals surface area contributed by atoms with Crippen LogP contribution < -0.4 is 15.5 Å². The van der Waals surface area contributed by atoms with Crippen LogP contribution in [0.1, 0.15) is 29.6 Å². The van der Waals surface area contributed by atoms with Crippen LogP contribution in [0.3, 0.4) is 0 Å². The predicted molar refractivity (Wildman–Crippen MR) is 128 cm³/mol. The summed E-state index contributed by atoms with van der Waals surface area (Å²) in [6.45, 7) is 1.87. The van der Waals surface area contributed by atoms with Gasteiger partial charge >= 0.3 is 0 Å². The Balaban J connectivity index is 1.29. The van der Waals surface area contributed by atoms with Crippen molar-refractivity contribution in [3.63, 3.8) is 0 Å². The van der Waals surface area contributed by atoms with Crippen molar-refractivity contribution in [2.75, 3.05) is 28.6 Å². The van der Waals surface area contributed by atoms with E-state index >= 15 is 0 Å². The highest BCUT2D eigenvalue weighted by molar-refractivity contribution is 6.34. The number of benzene rings is 2. The number of amides is 2. The molecule has 0 bridgehead atoms. The zero-order valence-electron chi connectivity index (χ0n) is 17.6. The van der Waals surface area contributed by atoms with Gasteiger partial charge in [-0.05, 0) is 61.2 Å². The second-order valence-corrected chi connectivity index (χ2v) is 8.31. The molecule has 1 saturated heterocycles. The number of pyridine rings is 1. The van der Waals surface area contributed by atoms with E-state index in [9.17, 15) is 9.59 Å². The van der Waals surface area contributed by atoms with Crippen LogP contribution in [0.2, 0.25) is 5.02 Å². The van der Waals surface area contributed by atoms with E-state index in [1.54, 1.807) is 54.9 Å². The zero-order chi connectivity index (χ0) is 22.3. The Morgan fingerprint density at radius 3 is 2.34 bits per heavy atom. The van der Waals surface area contributed by atoms with Crippen LogP contribution in [-0.4, -0.2) is 29.9 Å². The summed E-state index contributed by atoms with van der Waals surface area (Å²) in [7, 11) is 0. The molecule has 0 atom stereocenters. The van der Waals surface area contributed by atoms with Gasteiger partial charge < -0.3 is 15.5 Å². The van der Waals surface area contributed by atoms with Crippen LogP contribution in [0.5, 0.6) is 0 Å². The van der Waals surface area contributed by atoms with Crippen LogP contribution >= 0.6 is 11.6 Å². The molecule has 0 unspecified atom stereocenters. The monoisotopic (exact) mass is 448 g/mol. The van der Waals surface area contributed by atoms with Crippen LogP contribution in [0.25, 0.3) is 0 Å². The molecular formula is C25H25ClN4O2. The normalized spacial score (nSPS) is 14.1. The van der Waals surface area contributed by atoms with Crippen molar-refractivity contribution < 1.29 is 9.59 Å². The van der Waals surface area contributed by atoms with Crippen molar-refractivity contribution in [3.8, 4) is 0 Å². The van der Waals surface area contributed by atoms with E-state index in [1.807, 2.05) is 18.2 Å². The number of nitrogens with zero attached hydrogens (tertiary/aromatic N) is 2. The average Bonchev–Trinajstić information content (AvgIpc) is 2.80. The van der Waals surface area contributed by atoms with Crippen molar-refractivity contribution in [3.05, 3.63) is 83.6 Å². The smallest absolute Gasteiger partial charge is 0.257 e. The highest BCUT2D eigenvalue weighted by Gasteiger charge is 2.22. The van der Waals surface area contributed by atoms with Gasteiger partial charge in [-0.1, -0.05) is 29.8 Å². The average molecular weight is 449 g/mol. The topological polar surface area (TPSA) is 74.3 Å². The first kappa shape index (κ1) is 21.8. The lowest BCUT2D eigenvalue weighted by Crippen LogP contribution is -2.34. The summed E-state index contributed by atoms with van der Waals surface area (Å²) < 4.78 is 0. The van der Waals surface area contributed by atoms with Crippen molar-refractivity contribution >= 4 is 40.5 Å². The molecule has 0 radical (unpaired) electrons. The zero-order valence-corrected chi connectivity index (χ0v) is 18.4. The van der Waals surface area contributed by atoms with Crippen LogP contribution in [-0.2, 0) is 4.79 Å². The van der Waals surface area contributed by atoms with E-state index in [1.165, 1.54) is 5.69 Å². The van der Waals surface area contributed by atoms with Gasteiger partial charge in [0.1, 0.15) is 0 Å². The van der Waals surface area contributed by atoms with Crippen molar-refractivity contribution in [1.29, 1.82) is 0 Å². The molecule has 32 heavy (non-hydrogen) atoms. The lowest BCUT2D eigenvalue weighted by Gasteiger charge is -2.33. The maximum absolute atomic E-state index is 12.6. The number of hydrogen-bond donors (Lipinski definition) is 2. The molecule has 0 saturated carbocycles. The molecule has 2 N–H and O–H groups in total. The van der Waals surface area contributed by atoms with Gasteiger partial charge in [0.05, 0.1) is 10.6 Å². The van der Waals surface area contributed by atoms with Crippen LogP contribution in [0.4, 0.5) is 17.1 Å². The minimum absolute atomic E-state index is 0.0121. The van der Waals surface area contributed by atoms with Gasteiger partial charge in [-0.25, -0.2) is 0 Å². The fourth-order valence-corrected chi connectivity index (χ4v) is 4.16. The van der Waals surface area contributed by atoms with Gasteiger partial charge in [-0.2, -0.15) is 0 Å². The van der Waals surface area contributed by atoms with Gasteiger partial charge in [0.25, 0.3) is 5.91 Å². The summed E-state index contributed by atoms with van der Waals surface area (Å²) >= 11 is 6.10. The Morgan fingerprint density at radius 2 is 1.62 bits per heavy atom. The van der Waals surface area contributed by atoms with Crippen molar-refractivity contribution in [2.45, 2.75) is 19.3 Å². The first-order valence-electron chi connectivity index (χ1n) is 10.7. The summed E-state index contributed by atoms with van der Waals surface area (Å²) in [6.07, 6.45) is 6.05. The first-order chi connectivity index (χ1) is 15.6. The molecule has 2 amide bonds. The molecule has 1 aliphatic rings.